The fourth-order valence-electron chi connectivity index (χ4n) is 1.52. The molecule has 0 atom stereocenters. The third-order valence-corrected chi connectivity index (χ3v) is 3.22. The molecule has 1 heterocycles. The Bertz CT molecular complexity index is 621. The van der Waals surface area contributed by atoms with Gasteiger partial charge in [0.05, 0.1) is 18.4 Å². The van der Waals surface area contributed by atoms with Crippen molar-refractivity contribution in [1.29, 1.82) is 0 Å². The molecule has 2 N–H and O–H groups in total. The summed E-state index contributed by atoms with van der Waals surface area (Å²) in [6.45, 7) is 0. The summed E-state index contributed by atoms with van der Waals surface area (Å²) in [5, 5.41) is 14.6. The lowest BCUT2D eigenvalue weighted by molar-refractivity contribution is 0.0698. The van der Waals surface area contributed by atoms with E-state index >= 15 is 0 Å². The van der Waals surface area contributed by atoms with E-state index in [1.807, 2.05) is 0 Å². The number of benzene rings is 1. The van der Waals surface area contributed by atoms with Crippen LogP contribution in [0.1, 0.15) is 20.7 Å². The van der Waals surface area contributed by atoms with Gasteiger partial charge in [-0.1, -0.05) is 6.07 Å². The third-order valence-electron chi connectivity index (χ3n) is 2.47. The normalized spacial score (nSPS) is 9.95. The molecule has 1 aromatic carbocycles. The number of amides is 1. The minimum atomic E-state index is -1.07. The number of thiophene rings is 1. The summed E-state index contributed by atoms with van der Waals surface area (Å²) < 4.78 is 5.03. The zero-order valence-corrected chi connectivity index (χ0v) is 10.9. The molecule has 2 aromatic rings. The van der Waals surface area contributed by atoms with Crippen LogP contribution in [0, 0.1) is 0 Å². The van der Waals surface area contributed by atoms with Crippen LogP contribution in [0.25, 0.3) is 0 Å². The lowest BCUT2D eigenvalue weighted by atomic mass is 10.2. The highest BCUT2D eigenvalue weighted by Gasteiger charge is 2.14. The van der Waals surface area contributed by atoms with E-state index in [0.29, 0.717) is 17.0 Å². The first-order valence-corrected chi connectivity index (χ1v) is 6.31. The number of anilines is 1. The van der Waals surface area contributed by atoms with E-state index in [2.05, 4.69) is 5.32 Å². The molecule has 0 unspecified atom stereocenters. The molecule has 0 saturated carbocycles. The fourth-order valence-corrected chi connectivity index (χ4v) is 2.27. The van der Waals surface area contributed by atoms with Crippen LogP contribution in [0.15, 0.2) is 35.0 Å². The van der Waals surface area contributed by atoms with Crippen molar-refractivity contribution in [3.8, 4) is 5.75 Å². The van der Waals surface area contributed by atoms with Gasteiger partial charge in [0.15, 0.2) is 0 Å². The zero-order valence-electron chi connectivity index (χ0n) is 10.0. The van der Waals surface area contributed by atoms with Crippen molar-refractivity contribution in [2.24, 2.45) is 0 Å². The number of carbonyl (C=O) groups is 2. The Morgan fingerprint density at radius 1 is 1.32 bits per heavy atom. The smallest absolute Gasteiger partial charge is 0.338 e. The Balaban J connectivity index is 2.20. The van der Waals surface area contributed by atoms with Gasteiger partial charge in [-0.05, 0) is 18.2 Å². The Hall–Kier alpha value is -2.34. The van der Waals surface area contributed by atoms with Crippen molar-refractivity contribution in [3.05, 3.63) is 46.2 Å². The molecule has 0 aliphatic rings. The zero-order chi connectivity index (χ0) is 13.8. The van der Waals surface area contributed by atoms with Gasteiger partial charge >= 0.3 is 5.97 Å². The molecule has 0 aliphatic carbocycles. The average molecular weight is 277 g/mol. The first-order chi connectivity index (χ1) is 9.11. The molecular weight excluding hydrogens is 266 g/mol. The Morgan fingerprint density at radius 2 is 2.11 bits per heavy atom. The number of methoxy groups -OCH3 is 1. The maximum atomic E-state index is 12.0. The van der Waals surface area contributed by atoms with Crippen LogP contribution < -0.4 is 10.1 Å². The highest BCUT2D eigenvalue weighted by Crippen LogP contribution is 2.22. The highest BCUT2D eigenvalue weighted by molar-refractivity contribution is 7.08. The maximum Gasteiger partial charge on any atom is 0.338 e. The first-order valence-electron chi connectivity index (χ1n) is 5.36. The van der Waals surface area contributed by atoms with Gasteiger partial charge in [-0.15, -0.1) is 11.3 Å². The number of hydrogen-bond donors (Lipinski definition) is 2. The standard InChI is InChI=1S/C13H11NO4S/c1-18-9-4-2-3-8(5-9)12(15)14-11-7-19-6-10(11)13(16)17/h2-7H,1H3,(H,14,15)(H,16,17). The summed E-state index contributed by atoms with van der Waals surface area (Å²) in [5.41, 5.74) is 0.786. The number of hydrogen-bond acceptors (Lipinski definition) is 4. The average Bonchev–Trinajstić information content (AvgIpc) is 2.87. The predicted octanol–water partition coefficient (Wildman–Crippen LogP) is 2.71. The van der Waals surface area contributed by atoms with Crippen LogP contribution in [-0.4, -0.2) is 24.1 Å². The summed E-state index contributed by atoms with van der Waals surface area (Å²) in [7, 11) is 1.51. The number of aromatic carboxylic acids is 1. The van der Waals surface area contributed by atoms with Gasteiger partial charge < -0.3 is 15.2 Å². The second kappa shape index (κ2) is 5.53. The maximum absolute atomic E-state index is 12.0. The molecule has 0 aliphatic heterocycles. The molecule has 6 heteroatoms. The van der Waals surface area contributed by atoms with Gasteiger partial charge in [-0.25, -0.2) is 4.79 Å². The molecule has 0 bridgehead atoms. The molecule has 2 rings (SSSR count). The number of carboxylic acid groups (broad SMARTS) is 1. The highest BCUT2D eigenvalue weighted by atomic mass is 32.1. The first kappa shape index (κ1) is 13.1. The number of rotatable bonds is 4. The van der Waals surface area contributed by atoms with Crippen LogP contribution in [0.2, 0.25) is 0 Å². The summed E-state index contributed by atoms with van der Waals surface area (Å²) in [6.07, 6.45) is 0. The summed E-state index contributed by atoms with van der Waals surface area (Å²) in [4.78, 5) is 22.9. The quantitative estimate of drug-likeness (QED) is 0.901. The molecule has 0 saturated heterocycles. The van der Waals surface area contributed by atoms with Gasteiger partial charge in [0.2, 0.25) is 0 Å². The minimum Gasteiger partial charge on any atom is -0.497 e. The van der Waals surface area contributed by atoms with Gasteiger partial charge in [-0.3, -0.25) is 4.79 Å². The van der Waals surface area contributed by atoms with E-state index in [0.717, 1.165) is 0 Å². The molecule has 19 heavy (non-hydrogen) atoms. The molecule has 98 valence electrons. The molecule has 5 nitrogen and oxygen atoms in total. The van der Waals surface area contributed by atoms with Crippen molar-refractivity contribution < 1.29 is 19.4 Å². The van der Waals surface area contributed by atoms with Gasteiger partial charge in [0, 0.05) is 16.3 Å². The Kier molecular flexibility index (Phi) is 3.82. The Labute approximate surface area is 113 Å². The molecule has 0 spiro atoms. The predicted molar refractivity (Wildman–Crippen MR) is 72.2 cm³/mol. The van der Waals surface area contributed by atoms with Crippen molar-refractivity contribution in [3.63, 3.8) is 0 Å². The minimum absolute atomic E-state index is 0.0845. The van der Waals surface area contributed by atoms with E-state index in [4.69, 9.17) is 9.84 Å². The van der Waals surface area contributed by atoms with Gasteiger partial charge in [0.25, 0.3) is 5.91 Å². The topological polar surface area (TPSA) is 75.6 Å². The number of carbonyl (C=O) groups excluding carboxylic acids is 1. The van der Waals surface area contributed by atoms with E-state index in [1.54, 1.807) is 29.6 Å². The van der Waals surface area contributed by atoms with Crippen LogP contribution in [0.5, 0.6) is 5.75 Å². The molecule has 0 fully saturated rings. The molecule has 1 amide bonds. The van der Waals surface area contributed by atoms with E-state index in [1.165, 1.54) is 23.8 Å². The Morgan fingerprint density at radius 3 is 2.79 bits per heavy atom. The lowest BCUT2D eigenvalue weighted by Crippen LogP contribution is -2.13. The second-order valence-electron chi connectivity index (χ2n) is 3.69. The summed E-state index contributed by atoms with van der Waals surface area (Å²) in [6, 6.07) is 6.64. The number of carboxylic acids is 1. The fraction of sp³-hybridized carbons (Fsp3) is 0.0769. The van der Waals surface area contributed by atoms with Crippen LogP contribution in [-0.2, 0) is 0 Å². The monoisotopic (exact) mass is 277 g/mol. The molecule has 1 aromatic heterocycles. The lowest BCUT2D eigenvalue weighted by Gasteiger charge is -2.06. The number of nitrogens with one attached hydrogen (secondary N) is 1. The summed E-state index contributed by atoms with van der Waals surface area (Å²) >= 11 is 1.22. The van der Waals surface area contributed by atoms with Gasteiger partial charge in [-0.2, -0.15) is 0 Å². The van der Waals surface area contributed by atoms with E-state index < -0.39 is 5.97 Å². The molecule has 0 radical (unpaired) electrons. The largest absolute Gasteiger partial charge is 0.497 e. The third kappa shape index (κ3) is 2.92. The second-order valence-corrected chi connectivity index (χ2v) is 4.43. The van der Waals surface area contributed by atoms with Crippen molar-refractivity contribution in [2.45, 2.75) is 0 Å². The SMILES string of the molecule is COc1cccc(C(=O)Nc2cscc2C(=O)O)c1. The van der Waals surface area contributed by atoms with Crippen LogP contribution >= 0.6 is 11.3 Å². The van der Waals surface area contributed by atoms with Crippen molar-refractivity contribution >= 4 is 28.9 Å². The van der Waals surface area contributed by atoms with Gasteiger partial charge in [0.1, 0.15) is 5.75 Å². The van der Waals surface area contributed by atoms with Crippen LogP contribution in [0.3, 0.4) is 0 Å². The van der Waals surface area contributed by atoms with Crippen LogP contribution in [0.4, 0.5) is 5.69 Å². The number of ether oxygens (including phenoxy) is 1. The molecular formula is C13H11NO4S. The van der Waals surface area contributed by atoms with E-state index in [9.17, 15) is 9.59 Å². The summed E-state index contributed by atoms with van der Waals surface area (Å²) in [5.74, 6) is -0.876. The van der Waals surface area contributed by atoms with Crippen molar-refractivity contribution in [1.82, 2.24) is 0 Å². The van der Waals surface area contributed by atoms with Crippen molar-refractivity contribution in [2.75, 3.05) is 12.4 Å². The van der Waals surface area contributed by atoms with E-state index in [-0.39, 0.29) is 11.5 Å².